The van der Waals surface area contributed by atoms with Crippen molar-refractivity contribution in [2.75, 3.05) is 7.05 Å². The Balaban J connectivity index is 2.34. The Morgan fingerprint density at radius 3 is 2.30 bits per heavy atom. The minimum atomic E-state index is -4.59. The molecule has 0 fully saturated rings. The van der Waals surface area contributed by atoms with Crippen molar-refractivity contribution >= 4 is 0 Å². The Morgan fingerprint density at radius 2 is 1.75 bits per heavy atom. The first-order valence-electron chi connectivity index (χ1n) is 5.60. The molecular formula is C12H10F4N4. The average Bonchev–Trinajstić information content (AvgIpc) is 2.41. The lowest BCUT2D eigenvalue weighted by Crippen LogP contribution is -2.10. The molecule has 2 aromatic rings. The SMILES string of the molecule is CNCc1cc(-c2cnc(C(F)(F)F)nc2)ncc1F. The van der Waals surface area contributed by atoms with Gasteiger partial charge in [0.2, 0.25) is 5.82 Å². The zero-order chi connectivity index (χ0) is 14.8. The molecule has 4 nitrogen and oxygen atoms in total. The lowest BCUT2D eigenvalue weighted by atomic mass is 10.1. The number of hydrogen-bond acceptors (Lipinski definition) is 4. The predicted octanol–water partition coefficient (Wildman–Crippen LogP) is 2.42. The van der Waals surface area contributed by atoms with Crippen molar-refractivity contribution in [3.63, 3.8) is 0 Å². The zero-order valence-corrected chi connectivity index (χ0v) is 10.4. The van der Waals surface area contributed by atoms with Crippen molar-refractivity contribution in [1.29, 1.82) is 0 Å². The van der Waals surface area contributed by atoms with E-state index in [-0.39, 0.29) is 12.1 Å². The van der Waals surface area contributed by atoms with E-state index >= 15 is 0 Å². The van der Waals surface area contributed by atoms with Gasteiger partial charge in [0.25, 0.3) is 0 Å². The van der Waals surface area contributed by atoms with E-state index in [1.165, 1.54) is 6.07 Å². The number of nitrogens with one attached hydrogen (secondary N) is 1. The Hall–Kier alpha value is -2.09. The Labute approximate surface area is 111 Å². The highest BCUT2D eigenvalue weighted by atomic mass is 19.4. The summed E-state index contributed by atoms with van der Waals surface area (Å²) < 4.78 is 50.4. The van der Waals surface area contributed by atoms with Crippen LogP contribution in [0.1, 0.15) is 11.4 Å². The van der Waals surface area contributed by atoms with Crippen LogP contribution in [0.25, 0.3) is 11.3 Å². The summed E-state index contributed by atoms with van der Waals surface area (Å²) in [4.78, 5) is 10.3. The normalized spacial score (nSPS) is 11.7. The van der Waals surface area contributed by atoms with Crippen LogP contribution >= 0.6 is 0 Å². The minimum absolute atomic E-state index is 0.281. The highest BCUT2D eigenvalue weighted by Gasteiger charge is 2.34. The molecule has 0 atom stereocenters. The van der Waals surface area contributed by atoms with Gasteiger partial charge in [-0.15, -0.1) is 0 Å². The van der Waals surface area contributed by atoms with Gasteiger partial charge in [-0.1, -0.05) is 0 Å². The van der Waals surface area contributed by atoms with E-state index in [9.17, 15) is 17.6 Å². The molecule has 0 amide bonds. The Bertz CT molecular complexity index is 595. The first-order valence-corrected chi connectivity index (χ1v) is 5.60. The third-order valence-electron chi connectivity index (χ3n) is 2.50. The molecule has 0 radical (unpaired) electrons. The van der Waals surface area contributed by atoms with Crippen LogP contribution in [-0.4, -0.2) is 22.0 Å². The van der Waals surface area contributed by atoms with Gasteiger partial charge in [-0.05, 0) is 13.1 Å². The maximum atomic E-state index is 13.4. The highest BCUT2D eigenvalue weighted by Crippen LogP contribution is 2.26. The smallest absolute Gasteiger partial charge is 0.316 e. The van der Waals surface area contributed by atoms with Crippen molar-refractivity contribution in [3.8, 4) is 11.3 Å². The molecule has 2 aromatic heterocycles. The van der Waals surface area contributed by atoms with E-state index in [4.69, 9.17) is 0 Å². The molecule has 0 saturated carbocycles. The monoisotopic (exact) mass is 286 g/mol. The van der Waals surface area contributed by atoms with Crippen LogP contribution in [0.5, 0.6) is 0 Å². The Morgan fingerprint density at radius 1 is 1.10 bits per heavy atom. The minimum Gasteiger partial charge on any atom is -0.316 e. The highest BCUT2D eigenvalue weighted by molar-refractivity contribution is 5.57. The molecular weight excluding hydrogens is 276 g/mol. The lowest BCUT2D eigenvalue weighted by molar-refractivity contribution is -0.144. The predicted molar refractivity (Wildman–Crippen MR) is 63.0 cm³/mol. The molecule has 0 saturated heterocycles. The molecule has 2 heterocycles. The summed E-state index contributed by atoms with van der Waals surface area (Å²) in [6, 6.07) is 1.44. The molecule has 106 valence electrons. The number of halogens is 4. The van der Waals surface area contributed by atoms with Crippen LogP contribution < -0.4 is 5.32 Å². The lowest BCUT2D eigenvalue weighted by Gasteiger charge is -2.07. The van der Waals surface area contributed by atoms with E-state index in [2.05, 4.69) is 20.3 Å². The van der Waals surface area contributed by atoms with E-state index < -0.39 is 17.8 Å². The Kier molecular flexibility index (Phi) is 3.93. The number of hydrogen-bond donors (Lipinski definition) is 1. The van der Waals surface area contributed by atoms with Crippen LogP contribution in [0.3, 0.4) is 0 Å². The first kappa shape index (κ1) is 14.3. The molecule has 2 rings (SSSR count). The molecule has 0 spiro atoms. The van der Waals surface area contributed by atoms with Crippen LogP contribution in [0, 0.1) is 5.82 Å². The molecule has 0 bridgehead atoms. The standard InChI is InChI=1S/C12H10F4N4/c1-17-3-7-2-10(18-6-9(7)13)8-4-19-11(20-5-8)12(14,15)16/h2,4-6,17H,3H2,1H3. The number of nitrogens with zero attached hydrogens (tertiary/aromatic N) is 3. The summed E-state index contributed by atoms with van der Waals surface area (Å²) in [5.41, 5.74) is 0.957. The summed E-state index contributed by atoms with van der Waals surface area (Å²) in [5, 5.41) is 2.78. The summed E-state index contributed by atoms with van der Waals surface area (Å²) in [5.74, 6) is -1.71. The molecule has 20 heavy (non-hydrogen) atoms. The number of rotatable bonds is 3. The summed E-state index contributed by atoms with van der Waals surface area (Å²) in [7, 11) is 1.65. The second-order valence-electron chi connectivity index (χ2n) is 3.98. The topological polar surface area (TPSA) is 50.7 Å². The fourth-order valence-corrected chi connectivity index (χ4v) is 1.57. The van der Waals surface area contributed by atoms with Crippen LogP contribution in [0.2, 0.25) is 0 Å². The maximum Gasteiger partial charge on any atom is 0.451 e. The van der Waals surface area contributed by atoms with Gasteiger partial charge in [0.15, 0.2) is 0 Å². The molecule has 0 aliphatic heterocycles. The second kappa shape index (κ2) is 5.49. The van der Waals surface area contributed by atoms with Gasteiger partial charge in [0.1, 0.15) is 5.82 Å². The fourth-order valence-electron chi connectivity index (χ4n) is 1.57. The van der Waals surface area contributed by atoms with Crippen molar-refractivity contribution in [2.24, 2.45) is 0 Å². The molecule has 8 heteroatoms. The third kappa shape index (κ3) is 3.08. The summed E-state index contributed by atoms with van der Waals surface area (Å²) in [6.45, 7) is 0.281. The van der Waals surface area contributed by atoms with Crippen molar-refractivity contribution in [1.82, 2.24) is 20.3 Å². The van der Waals surface area contributed by atoms with Crippen LogP contribution in [-0.2, 0) is 12.7 Å². The van der Waals surface area contributed by atoms with Gasteiger partial charge in [-0.25, -0.2) is 14.4 Å². The first-order chi connectivity index (χ1) is 9.41. The summed E-state index contributed by atoms with van der Waals surface area (Å²) >= 11 is 0. The van der Waals surface area contributed by atoms with Gasteiger partial charge in [-0.3, -0.25) is 4.98 Å². The van der Waals surface area contributed by atoms with E-state index in [0.717, 1.165) is 18.6 Å². The maximum absolute atomic E-state index is 13.4. The summed E-state index contributed by atoms with van der Waals surface area (Å²) in [6.07, 6.45) is -1.55. The third-order valence-corrected chi connectivity index (χ3v) is 2.50. The van der Waals surface area contributed by atoms with Crippen molar-refractivity contribution in [2.45, 2.75) is 12.7 Å². The van der Waals surface area contributed by atoms with Gasteiger partial charge >= 0.3 is 6.18 Å². The van der Waals surface area contributed by atoms with Crippen LogP contribution in [0.4, 0.5) is 17.6 Å². The second-order valence-corrected chi connectivity index (χ2v) is 3.98. The van der Waals surface area contributed by atoms with Crippen LogP contribution in [0.15, 0.2) is 24.7 Å². The van der Waals surface area contributed by atoms with Gasteiger partial charge in [0.05, 0.1) is 11.9 Å². The van der Waals surface area contributed by atoms with Crippen molar-refractivity contribution < 1.29 is 17.6 Å². The molecule has 0 aliphatic carbocycles. The van der Waals surface area contributed by atoms with E-state index in [0.29, 0.717) is 11.3 Å². The average molecular weight is 286 g/mol. The number of alkyl halides is 3. The quantitative estimate of drug-likeness (QED) is 0.880. The van der Waals surface area contributed by atoms with E-state index in [1.807, 2.05) is 0 Å². The van der Waals surface area contributed by atoms with Crippen molar-refractivity contribution in [3.05, 3.63) is 41.9 Å². The number of aromatic nitrogens is 3. The molecule has 0 aliphatic rings. The van der Waals surface area contributed by atoms with Gasteiger partial charge < -0.3 is 5.32 Å². The molecule has 0 aromatic carbocycles. The largest absolute Gasteiger partial charge is 0.451 e. The number of pyridine rings is 1. The molecule has 1 N–H and O–H groups in total. The van der Waals surface area contributed by atoms with E-state index in [1.54, 1.807) is 7.05 Å². The zero-order valence-electron chi connectivity index (χ0n) is 10.4. The van der Waals surface area contributed by atoms with Gasteiger partial charge in [0, 0.05) is 30.1 Å². The molecule has 0 unspecified atom stereocenters. The van der Waals surface area contributed by atoms with Gasteiger partial charge in [-0.2, -0.15) is 13.2 Å². The fraction of sp³-hybridized carbons (Fsp3) is 0.250.